The first-order valence-corrected chi connectivity index (χ1v) is 5.69. The van der Waals surface area contributed by atoms with Crippen molar-refractivity contribution in [3.63, 3.8) is 0 Å². The van der Waals surface area contributed by atoms with Crippen LogP contribution in [-0.4, -0.2) is 16.1 Å². The van der Waals surface area contributed by atoms with Gasteiger partial charge in [0.2, 0.25) is 0 Å². The van der Waals surface area contributed by atoms with Crippen LogP contribution in [0, 0.1) is 0 Å². The summed E-state index contributed by atoms with van der Waals surface area (Å²) in [5.41, 5.74) is 6.24. The number of anilines is 1. The fraction of sp³-hybridized carbons (Fsp3) is 0. The molecule has 0 radical (unpaired) electrons. The topological polar surface area (TPSA) is 76.2 Å². The third kappa shape index (κ3) is 2.76. The summed E-state index contributed by atoms with van der Waals surface area (Å²) in [5, 5.41) is 9.09. The molecule has 86 valence electrons. The maximum Gasteiger partial charge on any atom is 0.336 e. The van der Waals surface area contributed by atoms with Crippen LogP contribution in [-0.2, 0) is 0 Å². The number of carbonyl (C=O) groups is 1. The molecule has 0 unspecified atom stereocenters. The molecule has 0 spiro atoms. The zero-order valence-electron chi connectivity index (χ0n) is 8.83. The van der Waals surface area contributed by atoms with Gasteiger partial charge in [-0.2, -0.15) is 0 Å². The molecule has 0 bridgehead atoms. The van der Waals surface area contributed by atoms with E-state index >= 15 is 0 Å². The molecule has 0 amide bonds. The molecular formula is C12H10N2O2S. The Kier molecular flexibility index (Phi) is 3.30. The van der Waals surface area contributed by atoms with Gasteiger partial charge in [-0.25, -0.2) is 4.79 Å². The zero-order chi connectivity index (χ0) is 12.3. The maximum absolute atomic E-state index is 11.1. The minimum atomic E-state index is -0.978. The summed E-state index contributed by atoms with van der Waals surface area (Å²) in [7, 11) is 0. The van der Waals surface area contributed by atoms with Crippen LogP contribution in [0.4, 0.5) is 5.69 Å². The zero-order valence-corrected chi connectivity index (χ0v) is 9.65. The van der Waals surface area contributed by atoms with Gasteiger partial charge in [0, 0.05) is 27.9 Å². The number of hydrogen-bond donors (Lipinski definition) is 2. The fourth-order valence-electron chi connectivity index (χ4n) is 1.34. The second-order valence-corrected chi connectivity index (χ2v) is 4.46. The van der Waals surface area contributed by atoms with E-state index in [1.165, 1.54) is 17.8 Å². The van der Waals surface area contributed by atoms with E-state index in [4.69, 9.17) is 10.8 Å². The lowest BCUT2D eigenvalue weighted by atomic mass is 10.2. The maximum atomic E-state index is 11.1. The number of benzene rings is 1. The lowest BCUT2D eigenvalue weighted by Gasteiger charge is -2.06. The number of nitrogen functional groups attached to an aromatic ring is 1. The molecule has 0 aliphatic heterocycles. The van der Waals surface area contributed by atoms with Gasteiger partial charge < -0.3 is 10.8 Å². The molecule has 5 heteroatoms. The highest BCUT2D eigenvalue weighted by molar-refractivity contribution is 7.99. The standard InChI is InChI=1S/C12H10N2O2S/c13-8-1-2-11(10(7-8)12(15)16)17-9-3-5-14-6-4-9/h1-7H,13H2,(H,15,16). The average molecular weight is 246 g/mol. The lowest BCUT2D eigenvalue weighted by molar-refractivity contribution is 0.0693. The van der Waals surface area contributed by atoms with Gasteiger partial charge in [0.1, 0.15) is 0 Å². The van der Waals surface area contributed by atoms with E-state index in [0.717, 1.165) is 4.90 Å². The first-order chi connectivity index (χ1) is 8.16. The van der Waals surface area contributed by atoms with E-state index in [1.807, 2.05) is 12.1 Å². The van der Waals surface area contributed by atoms with Crippen molar-refractivity contribution in [2.45, 2.75) is 9.79 Å². The largest absolute Gasteiger partial charge is 0.478 e. The second kappa shape index (κ2) is 4.88. The summed E-state index contributed by atoms with van der Waals surface area (Å²) < 4.78 is 0. The van der Waals surface area contributed by atoms with Gasteiger partial charge in [-0.3, -0.25) is 4.98 Å². The van der Waals surface area contributed by atoms with Crippen LogP contribution in [0.2, 0.25) is 0 Å². The molecular weight excluding hydrogens is 236 g/mol. The van der Waals surface area contributed by atoms with E-state index in [0.29, 0.717) is 10.6 Å². The third-order valence-electron chi connectivity index (χ3n) is 2.11. The predicted octanol–water partition coefficient (Wildman–Crippen LogP) is 2.51. The van der Waals surface area contributed by atoms with E-state index in [1.54, 1.807) is 24.5 Å². The molecule has 3 N–H and O–H groups in total. The van der Waals surface area contributed by atoms with Crippen molar-refractivity contribution in [1.82, 2.24) is 4.98 Å². The van der Waals surface area contributed by atoms with Crippen molar-refractivity contribution < 1.29 is 9.90 Å². The molecule has 2 rings (SSSR count). The highest BCUT2D eigenvalue weighted by Gasteiger charge is 2.11. The summed E-state index contributed by atoms with van der Waals surface area (Å²) >= 11 is 1.37. The highest BCUT2D eigenvalue weighted by Crippen LogP contribution is 2.31. The molecule has 1 aromatic heterocycles. The number of aromatic nitrogens is 1. The van der Waals surface area contributed by atoms with Gasteiger partial charge in [-0.15, -0.1) is 0 Å². The number of hydrogen-bond acceptors (Lipinski definition) is 4. The van der Waals surface area contributed by atoms with Crippen LogP contribution in [0.1, 0.15) is 10.4 Å². The SMILES string of the molecule is Nc1ccc(Sc2ccncc2)c(C(=O)O)c1. The monoisotopic (exact) mass is 246 g/mol. The first-order valence-electron chi connectivity index (χ1n) is 4.87. The summed E-state index contributed by atoms with van der Waals surface area (Å²) in [5.74, 6) is -0.978. The predicted molar refractivity (Wildman–Crippen MR) is 66.2 cm³/mol. The Morgan fingerprint density at radius 2 is 1.94 bits per heavy atom. The Hall–Kier alpha value is -2.01. The summed E-state index contributed by atoms with van der Waals surface area (Å²) in [6, 6.07) is 8.52. The lowest BCUT2D eigenvalue weighted by Crippen LogP contribution is -2.00. The quantitative estimate of drug-likeness (QED) is 0.814. The van der Waals surface area contributed by atoms with Crippen molar-refractivity contribution in [1.29, 1.82) is 0 Å². The first kappa shape index (κ1) is 11.5. The van der Waals surface area contributed by atoms with E-state index < -0.39 is 5.97 Å². The van der Waals surface area contributed by atoms with E-state index in [9.17, 15) is 4.79 Å². The Morgan fingerprint density at radius 3 is 2.59 bits per heavy atom. The minimum Gasteiger partial charge on any atom is -0.478 e. The minimum absolute atomic E-state index is 0.215. The molecule has 0 saturated carbocycles. The van der Waals surface area contributed by atoms with Crippen molar-refractivity contribution in [2.75, 3.05) is 5.73 Å². The van der Waals surface area contributed by atoms with Gasteiger partial charge in [-0.05, 0) is 30.3 Å². The second-order valence-electron chi connectivity index (χ2n) is 3.35. The Morgan fingerprint density at radius 1 is 1.24 bits per heavy atom. The molecule has 4 nitrogen and oxygen atoms in total. The van der Waals surface area contributed by atoms with Crippen LogP contribution in [0.5, 0.6) is 0 Å². The molecule has 0 aliphatic rings. The Labute approximate surface area is 102 Å². The van der Waals surface area contributed by atoms with Gasteiger partial charge in [0.25, 0.3) is 0 Å². The van der Waals surface area contributed by atoms with Crippen molar-refractivity contribution in [3.05, 3.63) is 48.3 Å². The Balaban J connectivity index is 2.36. The van der Waals surface area contributed by atoms with Gasteiger partial charge in [0.15, 0.2) is 0 Å². The van der Waals surface area contributed by atoms with Crippen LogP contribution >= 0.6 is 11.8 Å². The van der Waals surface area contributed by atoms with Crippen molar-refractivity contribution in [3.8, 4) is 0 Å². The number of aromatic carboxylic acids is 1. The van der Waals surface area contributed by atoms with E-state index in [2.05, 4.69) is 4.98 Å². The van der Waals surface area contributed by atoms with E-state index in [-0.39, 0.29) is 5.56 Å². The van der Waals surface area contributed by atoms with Crippen LogP contribution in [0.25, 0.3) is 0 Å². The fourth-order valence-corrected chi connectivity index (χ4v) is 2.24. The Bertz CT molecular complexity index is 543. The summed E-state index contributed by atoms with van der Waals surface area (Å²) in [4.78, 5) is 16.6. The number of carboxylic acids is 1. The molecule has 0 aliphatic carbocycles. The molecule has 1 aromatic carbocycles. The van der Waals surface area contributed by atoms with Crippen molar-refractivity contribution in [2.24, 2.45) is 0 Å². The molecule has 0 saturated heterocycles. The number of rotatable bonds is 3. The highest BCUT2D eigenvalue weighted by atomic mass is 32.2. The molecule has 17 heavy (non-hydrogen) atoms. The molecule has 0 fully saturated rings. The summed E-state index contributed by atoms with van der Waals surface area (Å²) in [6.45, 7) is 0. The normalized spacial score (nSPS) is 10.1. The van der Waals surface area contributed by atoms with Gasteiger partial charge in [0.05, 0.1) is 5.56 Å². The van der Waals surface area contributed by atoms with Crippen LogP contribution in [0.15, 0.2) is 52.5 Å². The number of pyridine rings is 1. The summed E-state index contributed by atoms with van der Waals surface area (Å²) in [6.07, 6.45) is 3.33. The van der Waals surface area contributed by atoms with Crippen LogP contribution in [0.3, 0.4) is 0 Å². The molecule has 0 atom stereocenters. The third-order valence-corrected chi connectivity index (χ3v) is 3.20. The number of nitrogens with zero attached hydrogens (tertiary/aromatic N) is 1. The number of nitrogens with two attached hydrogens (primary N) is 1. The van der Waals surface area contributed by atoms with Gasteiger partial charge in [-0.1, -0.05) is 11.8 Å². The molecule has 2 aromatic rings. The van der Waals surface area contributed by atoms with Crippen LogP contribution < -0.4 is 5.73 Å². The smallest absolute Gasteiger partial charge is 0.336 e. The van der Waals surface area contributed by atoms with Crippen molar-refractivity contribution >= 4 is 23.4 Å². The number of carboxylic acid groups (broad SMARTS) is 1. The average Bonchev–Trinajstić information content (AvgIpc) is 2.32. The molecule has 1 heterocycles. The van der Waals surface area contributed by atoms with Gasteiger partial charge >= 0.3 is 5.97 Å².